The van der Waals surface area contributed by atoms with E-state index in [-0.39, 0.29) is 0 Å². The number of likely N-dealkylation sites (tertiary alicyclic amines) is 1. The predicted octanol–water partition coefficient (Wildman–Crippen LogP) is -0.333. The molecule has 2 heteroatoms. The Balaban J connectivity index is 2.00. The van der Waals surface area contributed by atoms with E-state index in [0.717, 1.165) is 24.9 Å². The SMILES string of the molecule is [CH2-]N1CC2C(N)C2C1. The Morgan fingerprint density at radius 1 is 1.38 bits per heavy atom. The molecule has 2 rings (SSSR count). The molecule has 0 aromatic carbocycles. The fourth-order valence-electron chi connectivity index (χ4n) is 1.66. The molecule has 2 atom stereocenters. The number of piperidine rings is 1. The van der Waals surface area contributed by atoms with E-state index in [1.165, 1.54) is 0 Å². The fraction of sp³-hybridized carbons (Fsp3) is 0.833. The molecule has 46 valence electrons. The zero-order valence-corrected chi connectivity index (χ0v) is 4.88. The molecule has 0 spiro atoms. The first kappa shape index (κ1) is 4.77. The maximum atomic E-state index is 5.68. The summed E-state index contributed by atoms with van der Waals surface area (Å²) < 4.78 is 0. The van der Waals surface area contributed by atoms with Gasteiger partial charge in [-0.1, -0.05) is 0 Å². The summed E-state index contributed by atoms with van der Waals surface area (Å²) in [6.45, 7) is 2.26. The van der Waals surface area contributed by atoms with Crippen LogP contribution in [0.4, 0.5) is 0 Å². The van der Waals surface area contributed by atoms with Crippen molar-refractivity contribution in [3.05, 3.63) is 7.05 Å². The Kier molecular flexibility index (Phi) is 0.746. The fourth-order valence-corrected chi connectivity index (χ4v) is 1.66. The first-order chi connectivity index (χ1) is 3.79. The lowest BCUT2D eigenvalue weighted by Crippen LogP contribution is -2.22. The van der Waals surface area contributed by atoms with Gasteiger partial charge in [0.05, 0.1) is 0 Å². The van der Waals surface area contributed by atoms with Crippen LogP contribution in [0.25, 0.3) is 0 Å². The zero-order valence-electron chi connectivity index (χ0n) is 4.88. The molecule has 1 aliphatic heterocycles. The third-order valence-electron chi connectivity index (χ3n) is 2.34. The second-order valence-electron chi connectivity index (χ2n) is 2.94. The minimum Gasteiger partial charge on any atom is -0.459 e. The van der Waals surface area contributed by atoms with Crippen molar-refractivity contribution in [2.24, 2.45) is 17.6 Å². The molecule has 2 fully saturated rings. The number of hydrogen-bond donors (Lipinski definition) is 1. The van der Waals surface area contributed by atoms with Crippen LogP contribution in [0.2, 0.25) is 0 Å². The Bertz CT molecular complexity index is 101. The minimum absolute atomic E-state index is 0.521. The van der Waals surface area contributed by atoms with Crippen molar-refractivity contribution in [3.8, 4) is 0 Å². The predicted molar refractivity (Wildman–Crippen MR) is 31.9 cm³/mol. The molecule has 0 amide bonds. The van der Waals surface area contributed by atoms with Crippen molar-refractivity contribution in [3.63, 3.8) is 0 Å². The molecule has 2 N–H and O–H groups in total. The van der Waals surface area contributed by atoms with E-state index >= 15 is 0 Å². The summed E-state index contributed by atoms with van der Waals surface area (Å²) in [5.74, 6) is 1.60. The normalized spacial score (nSPS) is 54.0. The van der Waals surface area contributed by atoms with Crippen LogP contribution in [0, 0.1) is 18.9 Å². The number of nitrogens with zero attached hydrogens (tertiary/aromatic N) is 1. The Hall–Kier alpha value is -0.0800. The highest BCUT2D eigenvalue weighted by Crippen LogP contribution is 2.43. The molecule has 0 aromatic heterocycles. The molecular formula is C6H11N2-. The topological polar surface area (TPSA) is 29.3 Å². The molecule has 1 heterocycles. The monoisotopic (exact) mass is 111 g/mol. The van der Waals surface area contributed by atoms with Crippen molar-refractivity contribution in [2.75, 3.05) is 13.1 Å². The van der Waals surface area contributed by atoms with Gasteiger partial charge in [0.1, 0.15) is 0 Å². The second kappa shape index (κ2) is 1.25. The Labute approximate surface area is 49.7 Å². The Morgan fingerprint density at radius 2 is 1.88 bits per heavy atom. The lowest BCUT2D eigenvalue weighted by Gasteiger charge is -2.19. The zero-order chi connectivity index (χ0) is 5.72. The standard InChI is InChI=1S/C6H11N2/c1-8-2-4-5(3-8)6(4)7/h4-6H,1-3,7H2/q-1. The quantitative estimate of drug-likeness (QED) is 0.434. The molecule has 0 bridgehead atoms. The summed E-state index contributed by atoms with van der Waals surface area (Å²) in [6.07, 6.45) is 0. The summed E-state index contributed by atoms with van der Waals surface area (Å²) in [6, 6.07) is 0.521. The van der Waals surface area contributed by atoms with Crippen molar-refractivity contribution in [1.82, 2.24) is 4.90 Å². The molecule has 8 heavy (non-hydrogen) atoms. The van der Waals surface area contributed by atoms with Gasteiger partial charge in [-0.25, -0.2) is 0 Å². The molecule has 2 nitrogen and oxygen atoms in total. The van der Waals surface area contributed by atoms with E-state index in [0.29, 0.717) is 6.04 Å². The summed E-state index contributed by atoms with van der Waals surface area (Å²) in [5, 5.41) is 0. The van der Waals surface area contributed by atoms with E-state index in [2.05, 4.69) is 11.9 Å². The van der Waals surface area contributed by atoms with Crippen LogP contribution in [0.5, 0.6) is 0 Å². The van der Waals surface area contributed by atoms with Crippen LogP contribution in [0.15, 0.2) is 0 Å². The van der Waals surface area contributed by atoms with Crippen LogP contribution < -0.4 is 5.73 Å². The van der Waals surface area contributed by atoms with E-state index in [4.69, 9.17) is 5.73 Å². The highest BCUT2D eigenvalue weighted by atomic mass is 15.2. The van der Waals surface area contributed by atoms with Crippen LogP contribution in [-0.2, 0) is 0 Å². The van der Waals surface area contributed by atoms with E-state index < -0.39 is 0 Å². The third-order valence-corrected chi connectivity index (χ3v) is 2.34. The lowest BCUT2D eigenvalue weighted by atomic mass is 10.4. The van der Waals surface area contributed by atoms with E-state index in [9.17, 15) is 0 Å². The van der Waals surface area contributed by atoms with Crippen LogP contribution in [0.1, 0.15) is 0 Å². The number of hydrogen-bond acceptors (Lipinski definition) is 2. The van der Waals surface area contributed by atoms with Gasteiger partial charge in [0.15, 0.2) is 0 Å². The second-order valence-corrected chi connectivity index (χ2v) is 2.94. The summed E-state index contributed by atoms with van der Waals surface area (Å²) >= 11 is 0. The smallest absolute Gasteiger partial charge is 0.0126 e. The molecule has 2 unspecified atom stereocenters. The summed E-state index contributed by atoms with van der Waals surface area (Å²) in [7, 11) is 3.83. The van der Waals surface area contributed by atoms with Gasteiger partial charge in [0.2, 0.25) is 0 Å². The Morgan fingerprint density at radius 3 is 2.25 bits per heavy atom. The van der Waals surface area contributed by atoms with Crippen molar-refractivity contribution >= 4 is 0 Å². The van der Waals surface area contributed by atoms with Crippen molar-refractivity contribution < 1.29 is 0 Å². The van der Waals surface area contributed by atoms with Crippen LogP contribution in [0.3, 0.4) is 0 Å². The highest BCUT2D eigenvalue weighted by Gasteiger charge is 2.50. The molecule has 1 aliphatic carbocycles. The molecular weight excluding hydrogens is 100 g/mol. The minimum atomic E-state index is 0.521. The van der Waals surface area contributed by atoms with E-state index in [1.54, 1.807) is 0 Å². The van der Waals surface area contributed by atoms with E-state index in [1.807, 2.05) is 0 Å². The van der Waals surface area contributed by atoms with Gasteiger partial charge < -0.3 is 10.6 Å². The van der Waals surface area contributed by atoms with Crippen LogP contribution in [-0.4, -0.2) is 24.0 Å². The van der Waals surface area contributed by atoms with Gasteiger partial charge in [-0.3, -0.25) is 7.05 Å². The number of fused-ring (bicyclic) bond motifs is 1. The van der Waals surface area contributed by atoms with Gasteiger partial charge in [-0.05, 0) is 24.9 Å². The maximum Gasteiger partial charge on any atom is 0.0126 e. The van der Waals surface area contributed by atoms with Crippen LogP contribution >= 0.6 is 0 Å². The number of rotatable bonds is 0. The molecule has 1 saturated heterocycles. The summed E-state index contributed by atoms with van der Waals surface area (Å²) in [5.41, 5.74) is 5.68. The first-order valence-corrected chi connectivity index (χ1v) is 3.10. The average Bonchev–Trinajstić information content (AvgIpc) is 2.29. The number of nitrogens with two attached hydrogens (primary N) is 1. The lowest BCUT2D eigenvalue weighted by molar-refractivity contribution is 0.399. The molecule has 0 radical (unpaired) electrons. The first-order valence-electron chi connectivity index (χ1n) is 3.10. The highest BCUT2D eigenvalue weighted by molar-refractivity contribution is 5.08. The van der Waals surface area contributed by atoms with Crippen molar-refractivity contribution in [2.45, 2.75) is 6.04 Å². The maximum absolute atomic E-state index is 5.68. The third kappa shape index (κ3) is 0.446. The van der Waals surface area contributed by atoms with Gasteiger partial charge in [0.25, 0.3) is 0 Å². The average molecular weight is 111 g/mol. The van der Waals surface area contributed by atoms with Gasteiger partial charge in [0, 0.05) is 6.04 Å². The van der Waals surface area contributed by atoms with Gasteiger partial charge in [-0.15, -0.1) is 0 Å². The molecule has 1 saturated carbocycles. The largest absolute Gasteiger partial charge is 0.459 e. The summed E-state index contributed by atoms with van der Waals surface area (Å²) in [4.78, 5) is 2.11. The van der Waals surface area contributed by atoms with Crippen molar-refractivity contribution in [1.29, 1.82) is 0 Å². The van der Waals surface area contributed by atoms with Gasteiger partial charge in [-0.2, -0.15) is 0 Å². The molecule has 0 aromatic rings. The van der Waals surface area contributed by atoms with Gasteiger partial charge >= 0.3 is 0 Å². The molecule has 2 aliphatic rings.